The van der Waals surface area contributed by atoms with Crippen LogP contribution < -0.4 is 10.6 Å². The first-order valence-corrected chi connectivity index (χ1v) is 6.98. The Bertz CT molecular complexity index is 387. The van der Waals surface area contributed by atoms with Gasteiger partial charge >= 0.3 is 0 Å². The molecule has 5 heteroatoms. The van der Waals surface area contributed by atoms with Gasteiger partial charge in [-0.1, -0.05) is 6.92 Å². The van der Waals surface area contributed by atoms with Gasteiger partial charge in [-0.05, 0) is 26.2 Å². The largest absolute Gasteiger partial charge is 0.352 e. The van der Waals surface area contributed by atoms with Gasteiger partial charge in [0.25, 0.3) is 0 Å². The third kappa shape index (κ3) is 3.78. The van der Waals surface area contributed by atoms with Gasteiger partial charge in [-0.25, -0.2) is 4.98 Å². The number of thiazole rings is 1. The lowest BCUT2D eigenvalue weighted by molar-refractivity contribution is -0.120. The smallest absolute Gasteiger partial charge is 0.234 e. The van der Waals surface area contributed by atoms with E-state index in [1.54, 1.807) is 11.3 Å². The molecule has 1 aliphatic rings. The van der Waals surface area contributed by atoms with Crippen molar-refractivity contribution in [3.05, 3.63) is 16.1 Å². The first-order chi connectivity index (χ1) is 8.19. The van der Waals surface area contributed by atoms with Crippen LogP contribution in [0.4, 0.5) is 0 Å². The van der Waals surface area contributed by atoms with Gasteiger partial charge in [0.05, 0.1) is 12.6 Å². The summed E-state index contributed by atoms with van der Waals surface area (Å²) in [6.45, 7) is 4.54. The van der Waals surface area contributed by atoms with Crippen molar-refractivity contribution in [3.8, 4) is 0 Å². The van der Waals surface area contributed by atoms with Crippen LogP contribution in [0.3, 0.4) is 0 Å². The van der Waals surface area contributed by atoms with E-state index in [0.717, 1.165) is 24.3 Å². The van der Waals surface area contributed by atoms with Crippen molar-refractivity contribution < 1.29 is 4.79 Å². The lowest BCUT2D eigenvalue weighted by Crippen LogP contribution is -2.36. The van der Waals surface area contributed by atoms with Crippen LogP contribution in [-0.4, -0.2) is 23.5 Å². The highest BCUT2D eigenvalue weighted by atomic mass is 32.1. The van der Waals surface area contributed by atoms with Crippen molar-refractivity contribution >= 4 is 17.2 Å². The van der Waals surface area contributed by atoms with Gasteiger partial charge in [0.2, 0.25) is 5.91 Å². The van der Waals surface area contributed by atoms with Gasteiger partial charge in [0.1, 0.15) is 5.01 Å². The summed E-state index contributed by atoms with van der Waals surface area (Å²) >= 11 is 1.71. The van der Waals surface area contributed by atoms with Crippen LogP contribution in [0, 0.1) is 0 Å². The number of aromatic nitrogens is 1. The summed E-state index contributed by atoms with van der Waals surface area (Å²) in [4.78, 5) is 17.2. The highest BCUT2D eigenvalue weighted by Gasteiger charge is 2.23. The molecule has 0 spiro atoms. The molecule has 1 unspecified atom stereocenters. The van der Waals surface area contributed by atoms with Gasteiger partial charge in [-0.15, -0.1) is 11.3 Å². The first-order valence-electron chi connectivity index (χ1n) is 6.16. The van der Waals surface area contributed by atoms with Crippen LogP contribution in [-0.2, 0) is 11.2 Å². The van der Waals surface area contributed by atoms with E-state index in [9.17, 15) is 4.79 Å². The van der Waals surface area contributed by atoms with Crippen molar-refractivity contribution in [1.82, 2.24) is 15.6 Å². The Labute approximate surface area is 106 Å². The zero-order chi connectivity index (χ0) is 12.3. The summed E-state index contributed by atoms with van der Waals surface area (Å²) < 4.78 is 0. The van der Waals surface area contributed by atoms with Crippen molar-refractivity contribution in [1.29, 1.82) is 0 Å². The summed E-state index contributed by atoms with van der Waals surface area (Å²) in [5.41, 5.74) is 0. The number of carbonyl (C=O) groups is 1. The SMILES string of the molecule is CCc1cnc(C(C)NCC(=O)NC2CC2)s1. The van der Waals surface area contributed by atoms with E-state index in [4.69, 9.17) is 0 Å². The number of carbonyl (C=O) groups excluding carboxylic acids is 1. The predicted octanol–water partition coefficient (Wildman–Crippen LogP) is 1.63. The van der Waals surface area contributed by atoms with Gasteiger partial charge in [-0.2, -0.15) is 0 Å². The fourth-order valence-corrected chi connectivity index (χ4v) is 2.41. The number of rotatable bonds is 6. The molecule has 17 heavy (non-hydrogen) atoms. The van der Waals surface area contributed by atoms with Crippen LogP contribution in [0.1, 0.15) is 42.6 Å². The van der Waals surface area contributed by atoms with E-state index in [1.807, 2.05) is 13.1 Å². The minimum Gasteiger partial charge on any atom is -0.352 e. The molecule has 1 saturated carbocycles. The molecule has 1 fully saturated rings. The minimum absolute atomic E-state index is 0.0895. The van der Waals surface area contributed by atoms with Gasteiger partial charge < -0.3 is 5.32 Å². The molecule has 0 bridgehead atoms. The van der Waals surface area contributed by atoms with Crippen LogP contribution in [0.2, 0.25) is 0 Å². The van der Waals surface area contributed by atoms with Crippen LogP contribution in [0.5, 0.6) is 0 Å². The quantitative estimate of drug-likeness (QED) is 0.810. The number of aryl methyl sites for hydroxylation is 1. The average molecular weight is 253 g/mol. The summed E-state index contributed by atoms with van der Waals surface area (Å²) in [6, 6.07) is 0.580. The highest BCUT2D eigenvalue weighted by Crippen LogP contribution is 2.20. The van der Waals surface area contributed by atoms with Crippen LogP contribution >= 0.6 is 11.3 Å². The maximum Gasteiger partial charge on any atom is 0.234 e. The lowest BCUT2D eigenvalue weighted by Gasteiger charge is -2.10. The molecule has 1 heterocycles. The summed E-state index contributed by atoms with van der Waals surface area (Å²) in [5.74, 6) is 0.0895. The van der Waals surface area contributed by atoms with Crippen molar-refractivity contribution in [3.63, 3.8) is 0 Å². The van der Waals surface area contributed by atoms with Crippen molar-refractivity contribution in [2.75, 3.05) is 6.54 Å². The van der Waals surface area contributed by atoms with E-state index < -0.39 is 0 Å². The highest BCUT2D eigenvalue weighted by molar-refractivity contribution is 7.11. The monoisotopic (exact) mass is 253 g/mol. The minimum atomic E-state index is 0.0895. The first kappa shape index (κ1) is 12.5. The third-order valence-electron chi connectivity index (χ3n) is 2.80. The second-order valence-corrected chi connectivity index (χ2v) is 5.61. The Hall–Kier alpha value is -0.940. The van der Waals surface area contributed by atoms with Crippen LogP contribution in [0.25, 0.3) is 0 Å². The normalized spacial score (nSPS) is 16.8. The van der Waals surface area contributed by atoms with E-state index in [0.29, 0.717) is 12.6 Å². The number of nitrogens with one attached hydrogen (secondary N) is 2. The molecule has 0 aliphatic heterocycles. The fourth-order valence-electron chi connectivity index (χ4n) is 1.53. The van der Waals surface area contributed by atoms with Crippen molar-refractivity contribution in [2.45, 2.75) is 45.2 Å². The Balaban J connectivity index is 1.75. The molecule has 1 atom stereocenters. The Kier molecular flexibility index (Phi) is 4.12. The fraction of sp³-hybridized carbons (Fsp3) is 0.667. The maximum atomic E-state index is 11.5. The molecule has 4 nitrogen and oxygen atoms in total. The second kappa shape index (κ2) is 5.60. The molecular weight excluding hydrogens is 234 g/mol. The molecule has 1 amide bonds. The Morgan fingerprint density at radius 3 is 3.00 bits per heavy atom. The molecule has 0 saturated heterocycles. The zero-order valence-corrected chi connectivity index (χ0v) is 11.1. The Morgan fingerprint density at radius 2 is 2.41 bits per heavy atom. The average Bonchev–Trinajstić information content (AvgIpc) is 2.99. The summed E-state index contributed by atoms with van der Waals surface area (Å²) in [5, 5.41) is 7.22. The topological polar surface area (TPSA) is 54.0 Å². The maximum absolute atomic E-state index is 11.5. The number of nitrogens with zero attached hydrogens (tertiary/aromatic N) is 1. The molecule has 2 N–H and O–H groups in total. The lowest BCUT2D eigenvalue weighted by atomic mass is 10.3. The van der Waals surface area contributed by atoms with Crippen LogP contribution in [0.15, 0.2) is 6.20 Å². The molecule has 2 rings (SSSR count). The van der Waals surface area contributed by atoms with Gasteiger partial charge in [0, 0.05) is 17.1 Å². The Morgan fingerprint density at radius 1 is 1.65 bits per heavy atom. The van der Waals surface area contributed by atoms with E-state index >= 15 is 0 Å². The van der Waals surface area contributed by atoms with E-state index in [1.165, 1.54) is 4.88 Å². The molecule has 1 aromatic heterocycles. The van der Waals surface area contributed by atoms with E-state index in [2.05, 4.69) is 22.5 Å². The molecule has 1 aliphatic carbocycles. The zero-order valence-electron chi connectivity index (χ0n) is 10.3. The number of hydrogen-bond acceptors (Lipinski definition) is 4. The van der Waals surface area contributed by atoms with Gasteiger partial charge in [0.15, 0.2) is 0 Å². The molecular formula is C12H19N3OS. The standard InChI is InChI=1S/C12H19N3OS/c1-3-10-6-14-12(17-10)8(2)13-7-11(16)15-9-4-5-9/h6,8-9,13H,3-5,7H2,1-2H3,(H,15,16). The van der Waals surface area contributed by atoms with Gasteiger partial charge in [-0.3, -0.25) is 10.1 Å². The number of amides is 1. The molecule has 0 aromatic carbocycles. The van der Waals surface area contributed by atoms with Crippen molar-refractivity contribution in [2.24, 2.45) is 0 Å². The van der Waals surface area contributed by atoms with E-state index in [-0.39, 0.29) is 11.9 Å². The molecule has 0 radical (unpaired) electrons. The summed E-state index contributed by atoms with van der Waals surface area (Å²) in [7, 11) is 0. The molecule has 94 valence electrons. The third-order valence-corrected chi connectivity index (χ3v) is 4.13. The molecule has 1 aromatic rings. The second-order valence-electron chi connectivity index (χ2n) is 4.46. The number of hydrogen-bond donors (Lipinski definition) is 2. The predicted molar refractivity (Wildman–Crippen MR) is 69.1 cm³/mol. The summed E-state index contributed by atoms with van der Waals surface area (Å²) in [6.07, 6.45) is 5.20.